The average Bonchev–Trinajstić information content (AvgIpc) is 2.60. The van der Waals surface area contributed by atoms with Crippen LogP contribution in [0.15, 0.2) is 48.5 Å². The van der Waals surface area contributed by atoms with Crippen molar-refractivity contribution in [1.29, 1.82) is 0 Å². The van der Waals surface area contributed by atoms with Crippen LogP contribution in [0.4, 0.5) is 5.69 Å². The van der Waals surface area contributed by atoms with Gasteiger partial charge < -0.3 is 10.6 Å². The normalized spacial score (nSPS) is 10.8. The van der Waals surface area contributed by atoms with Crippen LogP contribution < -0.4 is 10.6 Å². The molecule has 0 fully saturated rings. The molecule has 126 valence electrons. The molecule has 24 heavy (non-hydrogen) atoms. The molecule has 0 heterocycles. The van der Waals surface area contributed by atoms with E-state index in [4.69, 9.17) is 23.2 Å². The van der Waals surface area contributed by atoms with E-state index in [-0.39, 0.29) is 5.91 Å². The highest BCUT2D eigenvalue weighted by Gasteiger charge is 2.01. The van der Waals surface area contributed by atoms with Crippen molar-refractivity contribution in [2.24, 2.45) is 0 Å². The van der Waals surface area contributed by atoms with Gasteiger partial charge >= 0.3 is 0 Å². The van der Waals surface area contributed by atoms with Crippen molar-refractivity contribution in [3.8, 4) is 0 Å². The molecule has 1 amide bonds. The molecule has 2 aromatic rings. The van der Waals surface area contributed by atoms with Gasteiger partial charge in [0, 0.05) is 25.7 Å². The molecular formula is C19H20Cl2N2O. The first-order chi connectivity index (χ1) is 11.6. The summed E-state index contributed by atoms with van der Waals surface area (Å²) >= 11 is 11.8. The molecule has 0 aromatic heterocycles. The molecule has 3 nitrogen and oxygen atoms in total. The van der Waals surface area contributed by atoms with Crippen LogP contribution in [0.3, 0.4) is 0 Å². The average molecular weight is 363 g/mol. The van der Waals surface area contributed by atoms with Crippen LogP contribution >= 0.6 is 23.2 Å². The molecule has 0 aliphatic heterocycles. The Morgan fingerprint density at radius 2 is 1.83 bits per heavy atom. The lowest BCUT2D eigenvalue weighted by Gasteiger charge is -2.04. The summed E-state index contributed by atoms with van der Waals surface area (Å²) in [6.45, 7) is 0.484. The predicted molar refractivity (Wildman–Crippen MR) is 103 cm³/mol. The summed E-state index contributed by atoms with van der Waals surface area (Å²) in [6.07, 6.45) is 4.99. The fraction of sp³-hybridized carbons (Fsp3) is 0.211. The third-order valence-electron chi connectivity index (χ3n) is 3.55. The zero-order valence-electron chi connectivity index (χ0n) is 13.5. The van der Waals surface area contributed by atoms with E-state index in [9.17, 15) is 4.79 Å². The van der Waals surface area contributed by atoms with Crippen molar-refractivity contribution in [3.63, 3.8) is 0 Å². The summed E-state index contributed by atoms with van der Waals surface area (Å²) in [4.78, 5) is 11.9. The number of nitrogens with one attached hydrogen (secondary N) is 2. The van der Waals surface area contributed by atoms with Crippen LogP contribution in [-0.4, -0.2) is 19.5 Å². The molecular weight excluding hydrogens is 343 g/mol. The smallest absolute Gasteiger partial charge is 0.220 e. The van der Waals surface area contributed by atoms with Gasteiger partial charge in [-0.3, -0.25) is 4.79 Å². The number of aryl methyl sites for hydroxylation is 1. The Balaban J connectivity index is 1.72. The predicted octanol–water partition coefficient (Wildman–Crippen LogP) is 4.80. The SMILES string of the molecule is CNc1ccc(CCC(=O)NCC=Cc2ccc(Cl)c(Cl)c2)cc1. The fourth-order valence-corrected chi connectivity index (χ4v) is 2.47. The Kier molecular flexibility index (Phi) is 7.16. The van der Waals surface area contributed by atoms with Crippen LogP contribution in [0.1, 0.15) is 17.5 Å². The van der Waals surface area contributed by atoms with Gasteiger partial charge in [-0.1, -0.05) is 53.6 Å². The Morgan fingerprint density at radius 3 is 2.50 bits per heavy atom. The minimum absolute atomic E-state index is 0.0338. The number of benzene rings is 2. The van der Waals surface area contributed by atoms with Gasteiger partial charge in [0.2, 0.25) is 5.91 Å². The molecule has 0 spiro atoms. The van der Waals surface area contributed by atoms with Crippen molar-refractivity contribution < 1.29 is 4.79 Å². The van der Waals surface area contributed by atoms with Crippen LogP contribution in [0, 0.1) is 0 Å². The Morgan fingerprint density at radius 1 is 1.08 bits per heavy atom. The molecule has 2 N–H and O–H groups in total. The maximum atomic E-state index is 11.9. The number of carbonyl (C=O) groups is 1. The van der Waals surface area contributed by atoms with Gasteiger partial charge in [-0.05, 0) is 41.8 Å². The highest BCUT2D eigenvalue weighted by molar-refractivity contribution is 6.42. The van der Waals surface area contributed by atoms with E-state index in [0.29, 0.717) is 23.0 Å². The van der Waals surface area contributed by atoms with E-state index >= 15 is 0 Å². The minimum Gasteiger partial charge on any atom is -0.388 e. The molecule has 2 rings (SSSR count). The van der Waals surface area contributed by atoms with Crippen molar-refractivity contribution in [2.45, 2.75) is 12.8 Å². The van der Waals surface area contributed by atoms with Gasteiger partial charge in [-0.25, -0.2) is 0 Å². The van der Waals surface area contributed by atoms with E-state index in [1.807, 2.05) is 49.5 Å². The van der Waals surface area contributed by atoms with Crippen molar-refractivity contribution >= 4 is 40.9 Å². The number of hydrogen-bond acceptors (Lipinski definition) is 2. The molecule has 0 aliphatic carbocycles. The summed E-state index contributed by atoms with van der Waals surface area (Å²) in [5, 5.41) is 7.00. The standard InChI is InChI=1S/C19H20Cl2N2O/c1-22-16-8-4-14(5-9-16)7-11-19(24)23-12-2-3-15-6-10-17(20)18(21)13-15/h2-6,8-10,13,22H,7,11-12H2,1H3,(H,23,24). The lowest BCUT2D eigenvalue weighted by atomic mass is 10.1. The van der Waals surface area contributed by atoms with E-state index in [1.54, 1.807) is 12.1 Å². The lowest BCUT2D eigenvalue weighted by molar-refractivity contribution is -0.120. The molecule has 2 aromatic carbocycles. The van der Waals surface area contributed by atoms with Crippen molar-refractivity contribution in [2.75, 3.05) is 18.9 Å². The van der Waals surface area contributed by atoms with Gasteiger partial charge in [0.15, 0.2) is 0 Å². The Labute approximate surface area is 152 Å². The Bertz CT molecular complexity index is 712. The number of halogens is 2. The summed E-state index contributed by atoms with van der Waals surface area (Å²) in [6, 6.07) is 13.5. The van der Waals surface area contributed by atoms with E-state index < -0.39 is 0 Å². The van der Waals surface area contributed by atoms with Gasteiger partial charge in [-0.2, -0.15) is 0 Å². The second kappa shape index (κ2) is 9.36. The quantitative estimate of drug-likeness (QED) is 0.742. The van der Waals surface area contributed by atoms with Crippen LogP contribution in [0.5, 0.6) is 0 Å². The summed E-state index contributed by atoms with van der Waals surface area (Å²) in [7, 11) is 1.88. The number of carbonyl (C=O) groups excluding carboxylic acids is 1. The Hall–Kier alpha value is -1.97. The maximum Gasteiger partial charge on any atom is 0.220 e. The maximum absolute atomic E-state index is 11.9. The first-order valence-corrected chi connectivity index (χ1v) is 8.49. The minimum atomic E-state index is 0.0338. The highest BCUT2D eigenvalue weighted by Crippen LogP contribution is 2.23. The third-order valence-corrected chi connectivity index (χ3v) is 4.29. The monoisotopic (exact) mass is 362 g/mol. The van der Waals surface area contributed by atoms with Gasteiger partial charge in [0.25, 0.3) is 0 Å². The van der Waals surface area contributed by atoms with E-state index in [0.717, 1.165) is 23.2 Å². The first kappa shape index (κ1) is 18.4. The van der Waals surface area contributed by atoms with E-state index in [1.165, 1.54) is 0 Å². The molecule has 0 bridgehead atoms. The highest BCUT2D eigenvalue weighted by atomic mass is 35.5. The lowest BCUT2D eigenvalue weighted by Crippen LogP contribution is -2.23. The molecule has 0 saturated heterocycles. The molecule has 0 atom stereocenters. The fourth-order valence-electron chi connectivity index (χ4n) is 2.17. The van der Waals surface area contributed by atoms with Gasteiger partial charge in [0.1, 0.15) is 0 Å². The van der Waals surface area contributed by atoms with Gasteiger partial charge in [0.05, 0.1) is 10.0 Å². The van der Waals surface area contributed by atoms with Crippen LogP contribution in [0.25, 0.3) is 6.08 Å². The molecule has 0 saturated carbocycles. The molecule has 0 aliphatic rings. The summed E-state index contributed by atoms with van der Waals surface area (Å²) in [5.74, 6) is 0.0338. The van der Waals surface area contributed by atoms with Crippen molar-refractivity contribution in [3.05, 3.63) is 69.7 Å². The third kappa shape index (κ3) is 5.91. The number of hydrogen-bond donors (Lipinski definition) is 2. The van der Waals surface area contributed by atoms with Gasteiger partial charge in [-0.15, -0.1) is 0 Å². The molecule has 0 unspecified atom stereocenters. The first-order valence-electron chi connectivity index (χ1n) is 7.73. The zero-order chi connectivity index (χ0) is 17.4. The second-order valence-electron chi connectivity index (χ2n) is 5.33. The second-order valence-corrected chi connectivity index (χ2v) is 6.14. The number of amides is 1. The molecule has 5 heteroatoms. The molecule has 0 radical (unpaired) electrons. The number of rotatable bonds is 7. The largest absolute Gasteiger partial charge is 0.388 e. The summed E-state index contributed by atoms with van der Waals surface area (Å²) < 4.78 is 0. The summed E-state index contributed by atoms with van der Waals surface area (Å²) in [5.41, 5.74) is 3.16. The van der Waals surface area contributed by atoms with Crippen molar-refractivity contribution in [1.82, 2.24) is 5.32 Å². The van der Waals surface area contributed by atoms with E-state index in [2.05, 4.69) is 10.6 Å². The van der Waals surface area contributed by atoms with Crippen LogP contribution in [0.2, 0.25) is 10.0 Å². The van der Waals surface area contributed by atoms with Crippen LogP contribution in [-0.2, 0) is 11.2 Å². The number of anilines is 1. The topological polar surface area (TPSA) is 41.1 Å². The zero-order valence-corrected chi connectivity index (χ0v) is 15.0.